The Hall–Kier alpha value is -1.77. The lowest BCUT2D eigenvalue weighted by Gasteiger charge is -1.95. The normalized spacial score (nSPS) is 10.7. The molecule has 1 heterocycles. The maximum Gasteiger partial charge on any atom is 0.194 e. The molecule has 0 fully saturated rings. The van der Waals surface area contributed by atoms with Crippen molar-refractivity contribution in [1.29, 1.82) is 0 Å². The van der Waals surface area contributed by atoms with Gasteiger partial charge in [0.15, 0.2) is 11.5 Å². The first-order valence-corrected chi connectivity index (χ1v) is 4.32. The van der Waals surface area contributed by atoms with E-state index in [1.165, 1.54) is 6.92 Å². The van der Waals surface area contributed by atoms with Crippen LogP contribution in [-0.4, -0.2) is 10.9 Å². The number of phenols is 1. The van der Waals surface area contributed by atoms with Crippen LogP contribution in [0, 0.1) is 6.92 Å². The number of phenolic OH excluding ortho intramolecular Hbond substituents is 1. The molecule has 72 valence electrons. The van der Waals surface area contributed by atoms with Gasteiger partial charge in [-0.05, 0) is 30.7 Å². The molecule has 1 N–H and O–H groups in total. The summed E-state index contributed by atoms with van der Waals surface area (Å²) in [5.41, 5.74) is 1.49. The number of furan rings is 1. The Bertz CT molecular complexity index is 508. The van der Waals surface area contributed by atoms with Crippen LogP contribution in [0.1, 0.15) is 23.0 Å². The summed E-state index contributed by atoms with van der Waals surface area (Å²) in [6.45, 7) is 3.28. The number of aryl methyl sites for hydroxylation is 1. The van der Waals surface area contributed by atoms with Crippen LogP contribution in [0.4, 0.5) is 0 Å². The molecule has 0 spiro atoms. The van der Waals surface area contributed by atoms with Crippen molar-refractivity contribution in [3.63, 3.8) is 0 Å². The number of ketones is 1. The average Bonchev–Trinajstić information content (AvgIpc) is 2.47. The second-order valence-corrected chi connectivity index (χ2v) is 3.35. The van der Waals surface area contributed by atoms with Gasteiger partial charge in [-0.15, -0.1) is 0 Å². The lowest BCUT2D eigenvalue weighted by Crippen LogP contribution is -1.85. The van der Waals surface area contributed by atoms with Crippen molar-refractivity contribution in [1.82, 2.24) is 0 Å². The van der Waals surface area contributed by atoms with Crippen LogP contribution in [0.2, 0.25) is 0 Å². The van der Waals surface area contributed by atoms with E-state index in [-0.39, 0.29) is 11.5 Å². The third kappa shape index (κ3) is 1.27. The van der Waals surface area contributed by atoms with Crippen LogP contribution in [0.15, 0.2) is 22.6 Å². The van der Waals surface area contributed by atoms with E-state index in [0.717, 1.165) is 10.9 Å². The predicted molar refractivity (Wildman–Crippen MR) is 52.6 cm³/mol. The lowest BCUT2D eigenvalue weighted by atomic mass is 10.1. The summed E-state index contributed by atoms with van der Waals surface area (Å²) < 4.78 is 5.35. The standard InChI is InChI=1S/C11H10O3/c1-6-3-9(13)4-8-5-10(7(2)12)14-11(6)8/h3-5,13H,1-2H3. The maximum absolute atomic E-state index is 11.1. The zero-order valence-electron chi connectivity index (χ0n) is 8.00. The highest BCUT2D eigenvalue weighted by molar-refractivity contribution is 5.96. The van der Waals surface area contributed by atoms with Crippen LogP contribution in [0.5, 0.6) is 5.75 Å². The molecular weight excluding hydrogens is 180 g/mol. The number of rotatable bonds is 1. The molecule has 3 heteroatoms. The van der Waals surface area contributed by atoms with Crippen LogP contribution in [0.3, 0.4) is 0 Å². The summed E-state index contributed by atoms with van der Waals surface area (Å²) in [5.74, 6) is 0.402. The maximum atomic E-state index is 11.1. The van der Waals surface area contributed by atoms with Crippen LogP contribution < -0.4 is 0 Å². The van der Waals surface area contributed by atoms with Gasteiger partial charge >= 0.3 is 0 Å². The summed E-state index contributed by atoms with van der Waals surface area (Å²) in [6, 6.07) is 4.83. The van der Waals surface area contributed by atoms with E-state index in [0.29, 0.717) is 11.3 Å². The Morgan fingerprint density at radius 3 is 2.71 bits per heavy atom. The summed E-state index contributed by atoms with van der Waals surface area (Å²) in [5, 5.41) is 10.1. The molecule has 0 radical (unpaired) electrons. The highest BCUT2D eigenvalue weighted by Crippen LogP contribution is 2.27. The topological polar surface area (TPSA) is 50.4 Å². The van der Waals surface area contributed by atoms with Crippen molar-refractivity contribution in [2.75, 3.05) is 0 Å². The van der Waals surface area contributed by atoms with Gasteiger partial charge in [-0.3, -0.25) is 4.79 Å². The van der Waals surface area contributed by atoms with Gasteiger partial charge in [-0.1, -0.05) is 0 Å². The highest BCUT2D eigenvalue weighted by atomic mass is 16.3. The van der Waals surface area contributed by atoms with Gasteiger partial charge in [-0.2, -0.15) is 0 Å². The molecule has 3 nitrogen and oxygen atoms in total. The molecule has 0 aliphatic rings. The number of carbonyl (C=O) groups excluding carboxylic acids is 1. The first-order valence-electron chi connectivity index (χ1n) is 4.32. The first-order chi connectivity index (χ1) is 6.58. The summed E-state index contributed by atoms with van der Waals surface area (Å²) >= 11 is 0. The molecule has 0 saturated heterocycles. The van der Waals surface area contributed by atoms with E-state index in [1.54, 1.807) is 18.2 Å². The van der Waals surface area contributed by atoms with Gasteiger partial charge in [0.25, 0.3) is 0 Å². The van der Waals surface area contributed by atoms with Gasteiger partial charge in [0.1, 0.15) is 11.3 Å². The quantitative estimate of drug-likeness (QED) is 0.703. The van der Waals surface area contributed by atoms with Crippen LogP contribution in [-0.2, 0) is 0 Å². The lowest BCUT2D eigenvalue weighted by molar-refractivity contribution is 0.0989. The molecule has 2 rings (SSSR count). The smallest absolute Gasteiger partial charge is 0.194 e. The van der Waals surface area contributed by atoms with E-state index >= 15 is 0 Å². The van der Waals surface area contributed by atoms with Crippen molar-refractivity contribution in [2.45, 2.75) is 13.8 Å². The first kappa shape index (κ1) is 8.81. The number of Topliss-reactive ketones (excluding diaryl/α,β-unsaturated/α-hetero) is 1. The zero-order valence-corrected chi connectivity index (χ0v) is 8.00. The Morgan fingerprint density at radius 2 is 2.07 bits per heavy atom. The third-order valence-electron chi connectivity index (χ3n) is 2.13. The molecule has 0 atom stereocenters. The number of aromatic hydroxyl groups is 1. The molecule has 1 aromatic heterocycles. The summed E-state index contributed by atoms with van der Waals surface area (Å²) in [4.78, 5) is 11.1. The van der Waals surface area contributed by atoms with E-state index in [2.05, 4.69) is 0 Å². The van der Waals surface area contributed by atoms with Gasteiger partial charge in [0.05, 0.1) is 0 Å². The number of carbonyl (C=O) groups is 1. The van der Waals surface area contributed by atoms with Crippen LogP contribution >= 0.6 is 0 Å². The highest BCUT2D eigenvalue weighted by Gasteiger charge is 2.10. The van der Waals surface area contributed by atoms with E-state index in [9.17, 15) is 9.90 Å². The summed E-state index contributed by atoms with van der Waals surface area (Å²) in [7, 11) is 0. The monoisotopic (exact) mass is 190 g/mol. The Labute approximate surface area is 81.0 Å². The van der Waals surface area contributed by atoms with Crippen molar-refractivity contribution in [2.24, 2.45) is 0 Å². The molecule has 0 bridgehead atoms. The number of benzene rings is 1. The SMILES string of the molecule is CC(=O)c1cc2cc(O)cc(C)c2o1. The van der Waals surface area contributed by atoms with Gasteiger partial charge in [0, 0.05) is 12.3 Å². The largest absolute Gasteiger partial charge is 0.508 e. The predicted octanol–water partition coefficient (Wildman–Crippen LogP) is 2.65. The number of hydrogen-bond acceptors (Lipinski definition) is 3. The fraction of sp³-hybridized carbons (Fsp3) is 0.182. The second-order valence-electron chi connectivity index (χ2n) is 3.35. The fourth-order valence-electron chi connectivity index (χ4n) is 1.48. The van der Waals surface area contributed by atoms with E-state index < -0.39 is 0 Å². The van der Waals surface area contributed by atoms with Crippen molar-refractivity contribution in [3.05, 3.63) is 29.5 Å². The molecule has 2 aromatic rings. The van der Waals surface area contributed by atoms with E-state index in [4.69, 9.17) is 4.42 Å². The molecule has 0 unspecified atom stereocenters. The third-order valence-corrected chi connectivity index (χ3v) is 2.13. The second kappa shape index (κ2) is 2.87. The molecule has 0 aliphatic carbocycles. The Kier molecular flexibility index (Phi) is 1.81. The number of fused-ring (bicyclic) bond motifs is 1. The van der Waals surface area contributed by atoms with Crippen molar-refractivity contribution in [3.8, 4) is 5.75 Å². The van der Waals surface area contributed by atoms with E-state index in [1.807, 2.05) is 6.92 Å². The molecular formula is C11H10O3. The zero-order chi connectivity index (χ0) is 10.3. The minimum atomic E-state index is -0.111. The number of hydrogen-bond donors (Lipinski definition) is 1. The molecule has 0 amide bonds. The molecule has 0 saturated carbocycles. The molecule has 14 heavy (non-hydrogen) atoms. The van der Waals surface area contributed by atoms with Crippen LogP contribution in [0.25, 0.3) is 11.0 Å². The Balaban J connectivity index is 2.76. The Morgan fingerprint density at radius 1 is 1.36 bits per heavy atom. The minimum Gasteiger partial charge on any atom is -0.508 e. The summed E-state index contributed by atoms with van der Waals surface area (Å²) in [6.07, 6.45) is 0. The van der Waals surface area contributed by atoms with Gasteiger partial charge in [-0.25, -0.2) is 0 Å². The molecule has 0 aliphatic heterocycles. The molecule has 1 aromatic carbocycles. The van der Waals surface area contributed by atoms with Gasteiger partial charge in [0.2, 0.25) is 0 Å². The fourth-order valence-corrected chi connectivity index (χ4v) is 1.48. The minimum absolute atomic E-state index is 0.111. The van der Waals surface area contributed by atoms with Crippen molar-refractivity contribution >= 4 is 16.8 Å². The van der Waals surface area contributed by atoms with Gasteiger partial charge < -0.3 is 9.52 Å². The average molecular weight is 190 g/mol. The van der Waals surface area contributed by atoms with Crippen molar-refractivity contribution < 1.29 is 14.3 Å².